The number of methoxy groups -OCH3 is 2. The van der Waals surface area contributed by atoms with E-state index in [1.54, 1.807) is 7.11 Å². The molecule has 1 heterocycles. The molecule has 0 bridgehead atoms. The van der Waals surface area contributed by atoms with Gasteiger partial charge in [0.2, 0.25) is 0 Å². The van der Waals surface area contributed by atoms with Crippen LogP contribution in [0.1, 0.15) is 13.3 Å². The first-order valence-electron chi connectivity index (χ1n) is 4.74. The zero-order valence-corrected chi connectivity index (χ0v) is 8.84. The van der Waals surface area contributed by atoms with Gasteiger partial charge in [0.15, 0.2) is 0 Å². The Morgan fingerprint density at radius 2 is 2.14 bits per heavy atom. The van der Waals surface area contributed by atoms with Gasteiger partial charge in [-0.15, -0.1) is 0 Å². The number of hydrogen-bond acceptors (Lipinski definition) is 4. The van der Waals surface area contributed by atoms with Gasteiger partial charge in [-0.25, -0.2) is 0 Å². The summed E-state index contributed by atoms with van der Waals surface area (Å²) in [7, 11) is 8.78. The van der Waals surface area contributed by atoms with Crippen molar-refractivity contribution in [2.45, 2.75) is 43.8 Å². The molecule has 0 aromatic rings. The summed E-state index contributed by atoms with van der Waals surface area (Å²) in [4.78, 5) is 0. The van der Waals surface area contributed by atoms with Crippen molar-refractivity contribution in [1.82, 2.24) is 0 Å². The van der Waals surface area contributed by atoms with E-state index in [0.717, 1.165) is 0 Å². The van der Waals surface area contributed by atoms with Crippen LogP contribution in [0.4, 0.5) is 0 Å². The SMILES string of the molecule is [B]C1OC(CC(C)OC)C(O)C1OC. The Kier molecular flexibility index (Phi) is 4.38. The number of ether oxygens (including phenoxy) is 3. The van der Waals surface area contributed by atoms with Crippen molar-refractivity contribution < 1.29 is 19.3 Å². The first-order valence-corrected chi connectivity index (χ1v) is 4.74. The highest BCUT2D eigenvalue weighted by molar-refractivity contribution is 6.11. The molecule has 0 spiro atoms. The highest BCUT2D eigenvalue weighted by Crippen LogP contribution is 2.25. The fourth-order valence-corrected chi connectivity index (χ4v) is 1.66. The van der Waals surface area contributed by atoms with Crippen molar-refractivity contribution in [3.05, 3.63) is 0 Å². The Hall–Kier alpha value is -0.0951. The zero-order valence-electron chi connectivity index (χ0n) is 8.84. The third-order valence-electron chi connectivity index (χ3n) is 2.61. The fraction of sp³-hybridized carbons (Fsp3) is 1.00. The Morgan fingerprint density at radius 1 is 1.50 bits per heavy atom. The molecule has 1 rings (SSSR count). The van der Waals surface area contributed by atoms with Crippen LogP contribution in [-0.4, -0.2) is 57.6 Å². The van der Waals surface area contributed by atoms with Gasteiger partial charge in [-0.1, -0.05) is 0 Å². The molecule has 1 aliphatic rings. The molecule has 0 aromatic carbocycles. The van der Waals surface area contributed by atoms with Crippen LogP contribution in [0.5, 0.6) is 0 Å². The third kappa shape index (κ3) is 2.48. The Labute approximate surface area is 85.9 Å². The van der Waals surface area contributed by atoms with E-state index >= 15 is 0 Å². The van der Waals surface area contributed by atoms with Crippen molar-refractivity contribution in [2.24, 2.45) is 0 Å². The molecule has 0 amide bonds. The minimum atomic E-state index is -0.674. The molecule has 5 atom stereocenters. The van der Waals surface area contributed by atoms with Gasteiger partial charge < -0.3 is 19.3 Å². The Morgan fingerprint density at radius 3 is 2.57 bits per heavy atom. The fourth-order valence-electron chi connectivity index (χ4n) is 1.66. The standard InChI is InChI=1S/C9H17BO4/c1-5(12-2)4-6-7(11)8(13-3)9(10)14-6/h5-9,11H,4H2,1-3H3. The minimum absolute atomic E-state index is 0.0393. The van der Waals surface area contributed by atoms with Crippen LogP contribution in [0.2, 0.25) is 0 Å². The largest absolute Gasteiger partial charge is 0.388 e. The van der Waals surface area contributed by atoms with E-state index in [-0.39, 0.29) is 12.2 Å². The van der Waals surface area contributed by atoms with Crippen LogP contribution >= 0.6 is 0 Å². The molecule has 2 radical (unpaired) electrons. The first kappa shape index (κ1) is 12.0. The van der Waals surface area contributed by atoms with Gasteiger partial charge in [0, 0.05) is 26.6 Å². The van der Waals surface area contributed by atoms with Crippen molar-refractivity contribution in [1.29, 1.82) is 0 Å². The van der Waals surface area contributed by atoms with E-state index in [1.165, 1.54) is 7.11 Å². The monoisotopic (exact) mass is 200 g/mol. The second kappa shape index (κ2) is 5.12. The van der Waals surface area contributed by atoms with E-state index in [0.29, 0.717) is 6.42 Å². The highest BCUT2D eigenvalue weighted by atomic mass is 16.6. The second-order valence-corrected chi connectivity index (χ2v) is 3.61. The normalized spacial score (nSPS) is 40.0. The average Bonchev–Trinajstić information content (AvgIpc) is 2.42. The maximum atomic E-state index is 9.78. The molecule has 5 heteroatoms. The molecule has 0 saturated carbocycles. The topological polar surface area (TPSA) is 47.9 Å². The maximum Gasteiger partial charge on any atom is 0.112 e. The lowest BCUT2D eigenvalue weighted by Crippen LogP contribution is -2.35. The Bertz CT molecular complexity index is 178. The van der Waals surface area contributed by atoms with Crippen LogP contribution in [0, 0.1) is 0 Å². The van der Waals surface area contributed by atoms with Gasteiger partial charge in [-0.2, -0.15) is 0 Å². The molecule has 1 saturated heterocycles. The third-order valence-corrected chi connectivity index (χ3v) is 2.61. The van der Waals surface area contributed by atoms with Crippen molar-refractivity contribution in [2.75, 3.05) is 14.2 Å². The molecule has 1 aliphatic heterocycles. The highest BCUT2D eigenvalue weighted by Gasteiger charge is 2.41. The number of rotatable bonds is 4. The lowest BCUT2D eigenvalue weighted by molar-refractivity contribution is -0.0178. The molecule has 0 aromatic heterocycles. The summed E-state index contributed by atoms with van der Waals surface area (Å²) in [5, 5.41) is 9.78. The molecule has 4 nitrogen and oxygen atoms in total. The van der Waals surface area contributed by atoms with Gasteiger partial charge in [0.25, 0.3) is 0 Å². The van der Waals surface area contributed by atoms with E-state index in [2.05, 4.69) is 0 Å². The number of hydrogen-bond donors (Lipinski definition) is 1. The van der Waals surface area contributed by atoms with Crippen LogP contribution in [0.3, 0.4) is 0 Å². The summed E-state index contributed by atoms with van der Waals surface area (Å²) in [6.07, 6.45) is -0.760. The van der Waals surface area contributed by atoms with Crippen LogP contribution in [-0.2, 0) is 14.2 Å². The van der Waals surface area contributed by atoms with Gasteiger partial charge >= 0.3 is 0 Å². The van der Waals surface area contributed by atoms with Crippen molar-refractivity contribution in [3.8, 4) is 0 Å². The molecule has 14 heavy (non-hydrogen) atoms. The quantitative estimate of drug-likeness (QED) is 0.632. The molecule has 5 unspecified atom stereocenters. The van der Waals surface area contributed by atoms with Crippen molar-refractivity contribution >= 4 is 7.85 Å². The van der Waals surface area contributed by atoms with E-state index in [4.69, 9.17) is 22.1 Å². The minimum Gasteiger partial charge on any atom is -0.388 e. The van der Waals surface area contributed by atoms with E-state index in [1.807, 2.05) is 6.92 Å². The predicted molar refractivity (Wildman–Crippen MR) is 52.3 cm³/mol. The van der Waals surface area contributed by atoms with Crippen molar-refractivity contribution in [3.63, 3.8) is 0 Å². The first-order chi connectivity index (χ1) is 6.60. The lowest BCUT2D eigenvalue weighted by atomic mass is 9.92. The summed E-state index contributed by atoms with van der Waals surface area (Å²) in [6.45, 7) is 1.92. The molecular formula is C9H17BO4. The maximum absolute atomic E-state index is 9.78. The Balaban J connectivity index is 2.48. The molecule has 80 valence electrons. The summed E-state index contributed by atoms with van der Waals surface area (Å²) >= 11 is 0. The number of aliphatic hydroxyl groups is 1. The van der Waals surface area contributed by atoms with Gasteiger partial charge in [-0.05, 0) is 6.92 Å². The predicted octanol–water partition coefficient (Wildman–Crippen LogP) is -0.319. The summed E-state index contributed by atoms with van der Waals surface area (Å²) in [5.74, 6) is 0. The number of aliphatic hydroxyl groups excluding tert-OH is 1. The molecule has 1 fully saturated rings. The van der Waals surface area contributed by atoms with E-state index in [9.17, 15) is 5.11 Å². The summed E-state index contributed by atoms with van der Waals surface area (Å²) in [6, 6.07) is -0.552. The van der Waals surface area contributed by atoms with Gasteiger partial charge in [0.1, 0.15) is 20.1 Å². The van der Waals surface area contributed by atoms with E-state index < -0.39 is 18.2 Å². The lowest BCUT2D eigenvalue weighted by Gasteiger charge is -2.19. The second-order valence-electron chi connectivity index (χ2n) is 3.61. The zero-order chi connectivity index (χ0) is 10.7. The summed E-state index contributed by atoms with van der Waals surface area (Å²) < 4.78 is 15.5. The van der Waals surface area contributed by atoms with Crippen LogP contribution in [0.15, 0.2) is 0 Å². The van der Waals surface area contributed by atoms with Gasteiger partial charge in [0.05, 0.1) is 12.2 Å². The molecular weight excluding hydrogens is 183 g/mol. The summed E-state index contributed by atoms with van der Waals surface area (Å²) in [5.41, 5.74) is 0. The molecule has 0 aliphatic carbocycles. The average molecular weight is 200 g/mol. The molecule has 1 N–H and O–H groups in total. The van der Waals surface area contributed by atoms with Crippen LogP contribution < -0.4 is 0 Å². The van der Waals surface area contributed by atoms with Crippen LogP contribution in [0.25, 0.3) is 0 Å². The smallest absolute Gasteiger partial charge is 0.112 e. The van der Waals surface area contributed by atoms with Gasteiger partial charge in [-0.3, -0.25) is 0 Å².